The molecule has 10 rings (SSSR count). The molecule has 9 aromatic rings. The van der Waals surface area contributed by atoms with Crippen LogP contribution in [0.1, 0.15) is 0 Å². The first-order chi connectivity index (χ1) is 23.1. The van der Waals surface area contributed by atoms with Crippen molar-refractivity contribution in [1.29, 1.82) is 0 Å². The Morgan fingerprint density at radius 1 is 0.362 bits per heavy atom. The van der Waals surface area contributed by atoms with Crippen molar-refractivity contribution in [1.82, 2.24) is 9.13 Å². The fourth-order valence-corrected chi connectivity index (χ4v) is 11.3. The summed E-state index contributed by atoms with van der Waals surface area (Å²) in [4.78, 5) is 0. The standard InChI is InChI=1S/C44H32N2Si/c1-47(2)43-19-11-8-16-35(43)38-27-42-37(28-44(38)47)34-15-7-10-18-40(34)46(42)32-24-25-41-36(26-32)33-14-6-9-17-39(33)45(41)31-22-20-30(21-23-31)29-12-4-3-5-13-29/h3-28H,1-2H3. The number of aromatic nitrogens is 2. The van der Waals surface area contributed by atoms with Gasteiger partial charge in [0.1, 0.15) is 8.07 Å². The summed E-state index contributed by atoms with van der Waals surface area (Å²) >= 11 is 0. The van der Waals surface area contributed by atoms with Gasteiger partial charge in [-0.15, -0.1) is 0 Å². The first-order valence-electron chi connectivity index (χ1n) is 16.4. The minimum absolute atomic E-state index is 1.17. The van der Waals surface area contributed by atoms with Crippen LogP contribution < -0.4 is 10.4 Å². The number of nitrogens with zero attached hydrogens (tertiary/aromatic N) is 2. The van der Waals surface area contributed by atoms with Gasteiger partial charge < -0.3 is 9.13 Å². The third-order valence-corrected chi connectivity index (χ3v) is 14.1. The van der Waals surface area contributed by atoms with E-state index in [1.165, 1.54) is 77.2 Å². The van der Waals surface area contributed by atoms with E-state index in [2.05, 4.69) is 180 Å². The minimum atomic E-state index is -1.79. The van der Waals surface area contributed by atoms with E-state index < -0.39 is 8.07 Å². The highest BCUT2D eigenvalue weighted by molar-refractivity contribution is 7.04. The molecule has 0 N–H and O–H groups in total. The van der Waals surface area contributed by atoms with Crippen LogP contribution in [0.2, 0.25) is 13.1 Å². The molecule has 0 amide bonds. The molecular weight excluding hydrogens is 585 g/mol. The van der Waals surface area contributed by atoms with Crippen LogP contribution >= 0.6 is 0 Å². The van der Waals surface area contributed by atoms with Gasteiger partial charge in [-0.1, -0.05) is 122 Å². The van der Waals surface area contributed by atoms with Gasteiger partial charge in [0.15, 0.2) is 0 Å². The van der Waals surface area contributed by atoms with Crippen LogP contribution in [0.15, 0.2) is 158 Å². The molecule has 3 heteroatoms. The summed E-state index contributed by atoms with van der Waals surface area (Å²) in [7, 11) is -1.79. The number of hydrogen-bond acceptors (Lipinski definition) is 0. The molecule has 0 radical (unpaired) electrons. The van der Waals surface area contributed by atoms with E-state index in [1.54, 1.807) is 10.4 Å². The second kappa shape index (κ2) is 9.68. The van der Waals surface area contributed by atoms with E-state index >= 15 is 0 Å². The molecule has 47 heavy (non-hydrogen) atoms. The second-order valence-corrected chi connectivity index (χ2v) is 17.7. The monoisotopic (exact) mass is 616 g/mol. The zero-order chi connectivity index (χ0) is 31.3. The average molecular weight is 617 g/mol. The van der Waals surface area contributed by atoms with Gasteiger partial charge in [0.2, 0.25) is 0 Å². The lowest BCUT2D eigenvalue weighted by Crippen LogP contribution is -2.49. The van der Waals surface area contributed by atoms with Crippen molar-refractivity contribution in [3.05, 3.63) is 158 Å². The van der Waals surface area contributed by atoms with Gasteiger partial charge in [-0.3, -0.25) is 0 Å². The Balaban J connectivity index is 1.20. The highest BCUT2D eigenvalue weighted by atomic mass is 28.3. The molecule has 1 aliphatic rings. The second-order valence-electron chi connectivity index (χ2n) is 13.4. The van der Waals surface area contributed by atoms with Crippen LogP contribution in [0.3, 0.4) is 0 Å². The molecule has 0 saturated carbocycles. The van der Waals surface area contributed by atoms with Crippen molar-refractivity contribution in [2.75, 3.05) is 0 Å². The first-order valence-corrected chi connectivity index (χ1v) is 19.4. The zero-order valence-corrected chi connectivity index (χ0v) is 27.4. The summed E-state index contributed by atoms with van der Waals surface area (Å²) in [5.74, 6) is 0. The van der Waals surface area contributed by atoms with Crippen LogP contribution in [0.4, 0.5) is 0 Å². The molecule has 0 spiro atoms. The van der Waals surface area contributed by atoms with E-state index in [9.17, 15) is 0 Å². The predicted molar refractivity (Wildman–Crippen MR) is 203 cm³/mol. The topological polar surface area (TPSA) is 9.86 Å². The molecule has 0 unspecified atom stereocenters. The van der Waals surface area contributed by atoms with Crippen molar-refractivity contribution >= 4 is 62.1 Å². The van der Waals surface area contributed by atoms with Crippen molar-refractivity contribution in [2.24, 2.45) is 0 Å². The Labute approximate surface area is 274 Å². The summed E-state index contributed by atoms with van der Waals surface area (Å²) in [6, 6.07) is 58.4. The van der Waals surface area contributed by atoms with E-state index in [4.69, 9.17) is 0 Å². The van der Waals surface area contributed by atoms with E-state index in [0.717, 1.165) is 0 Å². The Morgan fingerprint density at radius 3 is 1.66 bits per heavy atom. The first kappa shape index (κ1) is 26.6. The van der Waals surface area contributed by atoms with Crippen LogP contribution in [0.25, 0.3) is 77.2 Å². The van der Waals surface area contributed by atoms with E-state index in [1.807, 2.05) is 0 Å². The predicted octanol–water partition coefficient (Wildman–Crippen LogP) is 10.4. The molecular formula is C44H32N2Si. The lowest BCUT2D eigenvalue weighted by Gasteiger charge is -2.18. The van der Waals surface area contributed by atoms with Crippen LogP contribution in [-0.4, -0.2) is 17.2 Å². The zero-order valence-electron chi connectivity index (χ0n) is 26.4. The largest absolute Gasteiger partial charge is 0.309 e. The number of fused-ring (bicyclic) bond motifs is 9. The summed E-state index contributed by atoms with van der Waals surface area (Å²) in [5.41, 5.74) is 12.6. The van der Waals surface area contributed by atoms with Crippen LogP contribution in [0, 0.1) is 0 Å². The number of rotatable bonds is 3. The Kier molecular flexibility index (Phi) is 5.47. The van der Waals surface area contributed by atoms with Gasteiger partial charge in [-0.05, 0) is 81.2 Å². The Bertz CT molecular complexity index is 2690. The molecule has 0 aliphatic carbocycles. The third kappa shape index (κ3) is 3.72. The van der Waals surface area contributed by atoms with E-state index in [0.29, 0.717) is 0 Å². The Hall–Kier alpha value is -5.64. The molecule has 2 aromatic heterocycles. The molecule has 0 atom stereocenters. The van der Waals surface area contributed by atoms with Crippen molar-refractivity contribution in [3.8, 4) is 33.6 Å². The minimum Gasteiger partial charge on any atom is -0.309 e. The number of hydrogen-bond donors (Lipinski definition) is 0. The van der Waals surface area contributed by atoms with Gasteiger partial charge >= 0.3 is 0 Å². The van der Waals surface area contributed by atoms with Gasteiger partial charge in [-0.25, -0.2) is 0 Å². The van der Waals surface area contributed by atoms with Gasteiger partial charge in [0.05, 0.1) is 22.1 Å². The van der Waals surface area contributed by atoms with Gasteiger partial charge in [-0.2, -0.15) is 0 Å². The SMILES string of the molecule is C[Si]1(C)c2ccccc2-c2cc3c(cc21)c1ccccc1n3-c1ccc2c(c1)c1ccccc1n2-c1ccc(-c2ccccc2)cc1. The molecule has 7 aromatic carbocycles. The maximum Gasteiger partial charge on any atom is 0.113 e. The maximum absolute atomic E-state index is 2.53. The fraction of sp³-hybridized carbons (Fsp3) is 0.0455. The lowest BCUT2D eigenvalue weighted by molar-refractivity contribution is 1.17. The quantitative estimate of drug-likeness (QED) is 0.175. The smallest absolute Gasteiger partial charge is 0.113 e. The normalized spacial score (nSPS) is 13.5. The fourth-order valence-electron chi connectivity index (χ4n) is 8.25. The molecule has 0 saturated heterocycles. The van der Waals surface area contributed by atoms with Gasteiger partial charge in [0, 0.05) is 32.9 Å². The third-order valence-electron chi connectivity index (χ3n) is 10.5. The average Bonchev–Trinajstić information content (AvgIpc) is 3.71. The molecule has 2 nitrogen and oxygen atoms in total. The number of benzene rings is 7. The van der Waals surface area contributed by atoms with E-state index in [-0.39, 0.29) is 0 Å². The van der Waals surface area contributed by atoms with Crippen LogP contribution in [-0.2, 0) is 0 Å². The molecule has 0 bridgehead atoms. The molecule has 0 fully saturated rings. The number of para-hydroxylation sites is 2. The van der Waals surface area contributed by atoms with Crippen molar-refractivity contribution < 1.29 is 0 Å². The highest BCUT2D eigenvalue weighted by Crippen LogP contribution is 2.39. The summed E-state index contributed by atoms with van der Waals surface area (Å²) in [6.45, 7) is 5.00. The lowest BCUT2D eigenvalue weighted by atomic mass is 10.0. The van der Waals surface area contributed by atoms with Gasteiger partial charge in [0.25, 0.3) is 0 Å². The van der Waals surface area contributed by atoms with Crippen molar-refractivity contribution in [3.63, 3.8) is 0 Å². The maximum atomic E-state index is 2.53. The highest BCUT2D eigenvalue weighted by Gasteiger charge is 2.38. The molecule has 222 valence electrons. The summed E-state index contributed by atoms with van der Waals surface area (Å²) in [6.07, 6.45) is 0. The van der Waals surface area contributed by atoms with Crippen LogP contribution in [0.5, 0.6) is 0 Å². The van der Waals surface area contributed by atoms with Crippen molar-refractivity contribution in [2.45, 2.75) is 13.1 Å². The summed E-state index contributed by atoms with van der Waals surface area (Å²) in [5, 5.41) is 8.27. The summed E-state index contributed by atoms with van der Waals surface area (Å²) < 4.78 is 4.90. The Morgan fingerprint density at radius 2 is 0.915 bits per heavy atom. The molecule has 3 heterocycles. The molecule has 1 aliphatic heterocycles.